The Kier molecular flexibility index (Phi) is 1.86. The zero-order valence-electron chi connectivity index (χ0n) is 5.65. The molecule has 0 saturated carbocycles. The van der Waals surface area contributed by atoms with Crippen LogP contribution >= 0.6 is 0 Å². The van der Waals surface area contributed by atoms with E-state index in [9.17, 15) is 0 Å². The molecule has 48 valence electrons. The minimum atomic E-state index is 0.782. The van der Waals surface area contributed by atoms with Gasteiger partial charge in [-0.3, -0.25) is 0 Å². The lowest BCUT2D eigenvalue weighted by atomic mass is 10.1. The van der Waals surface area contributed by atoms with Gasteiger partial charge in [0.05, 0.1) is 0 Å². The summed E-state index contributed by atoms with van der Waals surface area (Å²) in [6.45, 7) is 2.42. The standard InChI is InChI=1S/C6H14N2/c1-8(2)5-6-3-4-7-6/h6-7H,3-5H2,1-2H3/t6-/m0/s1. The van der Waals surface area contributed by atoms with Gasteiger partial charge in [0.1, 0.15) is 0 Å². The molecule has 0 aromatic rings. The van der Waals surface area contributed by atoms with Crippen LogP contribution in [0.2, 0.25) is 0 Å². The quantitative estimate of drug-likeness (QED) is 0.539. The summed E-state index contributed by atoms with van der Waals surface area (Å²) >= 11 is 0. The van der Waals surface area contributed by atoms with Crippen molar-refractivity contribution in [3.8, 4) is 0 Å². The van der Waals surface area contributed by atoms with Gasteiger partial charge in [-0.15, -0.1) is 0 Å². The normalized spacial score (nSPS) is 28.1. The molecule has 2 heteroatoms. The summed E-state index contributed by atoms with van der Waals surface area (Å²) in [6.07, 6.45) is 1.36. The van der Waals surface area contributed by atoms with Crippen LogP contribution in [0.25, 0.3) is 0 Å². The van der Waals surface area contributed by atoms with Crippen LogP contribution in [0.15, 0.2) is 0 Å². The third-order valence-electron chi connectivity index (χ3n) is 1.51. The summed E-state index contributed by atoms with van der Waals surface area (Å²) < 4.78 is 0. The second-order valence-electron chi connectivity index (χ2n) is 2.70. The van der Waals surface area contributed by atoms with Crippen LogP contribution in [0.1, 0.15) is 6.42 Å². The average molecular weight is 114 g/mol. The monoisotopic (exact) mass is 114 g/mol. The fourth-order valence-corrected chi connectivity index (χ4v) is 0.945. The largest absolute Gasteiger partial charge is 0.313 e. The highest BCUT2D eigenvalue weighted by molar-refractivity contribution is 4.78. The first-order valence-electron chi connectivity index (χ1n) is 3.17. The molecule has 0 amide bonds. The maximum absolute atomic E-state index is 3.34. The Morgan fingerprint density at radius 3 is 2.38 bits per heavy atom. The Morgan fingerprint density at radius 2 is 2.25 bits per heavy atom. The van der Waals surface area contributed by atoms with Gasteiger partial charge in [-0.1, -0.05) is 0 Å². The Hall–Kier alpha value is -0.0800. The van der Waals surface area contributed by atoms with Gasteiger partial charge in [0, 0.05) is 12.6 Å². The highest BCUT2D eigenvalue weighted by atomic mass is 15.1. The van der Waals surface area contributed by atoms with E-state index in [-0.39, 0.29) is 0 Å². The van der Waals surface area contributed by atoms with Crippen molar-refractivity contribution in [3.05, 3.63) is 0 Å². The summed E-state index contributed by atoms with van der Waals surface area (Å²) in [5, 5.41) is 3.34. The molecule has 0 bridgehead atoms. The molecule has 1 heterocycles. The Bertz CT molecular complexity index is 66.9. The Morgan fingerprint density at radius 1 is 1.62 bits per heavy atom. The fourth-order valence-electron chi connectivity index (χ4n) is 0.945. The van der Waals surface area contributed by atoms with E-state index < -0.39 is 0 Å². The van der Waals surface area contributed by atoms with Crippen molar-refractivity contribution in [2.24, 2.45) is 0 Å². The minimum absolute atomic E-state index is 0.782. The van der Waals surface area contributed by atoms with Gasteiger partial charge in [0.25, 0.3) is 0 Å². The highest BCUT2D eigenvalue weighted by Crippen LogP contribution is 2.01. The van der Waals surface area contributed by atoms with Crippen LogP contribution in [0.5, 0.6) is 0 Å². The number of hydrogen-bond donors (Lipinski definition) is 1. The highest BCUT2D eigenvalue weighted by Gasteiger charge is 2.15. The van der Waals surface area contributed by atoms with E-state index in [1.165, 1.54) is 19.5 Å². The van der Waals surface area contributed by atoms with Gasteiger partial charge < -0.3 is 10.2 Å². The lowest BCUT2D eigenvalue weighted by molar-refractivity contribution is 0.273. The summed E-state index contributed by atoms with van der Waals surface area (Å²) in [5.74, 6) is 0. The first kappa shape index (κ1) is 6.05. The molecule has 0 aliphatic carbocycles. The molecule has 1 atom stereocenters. The van der Waals surface area contributed by atoms with Crippen molar-refractivity contribution in [3.63, 3.8) is 0 Å². The molecule has 0 spiro atoms. The Labute approximate surface area is 50.9 Å². The second-order valence-corrected chi connectivity index (χ2v) is 2.70. The van der Waals surface area contributed by atoms with Crippen molar-refractivity contribution >= 4 is 0 Å². The van der Waals surface area contributed by atoms with Crippen LogP contribution in [-0.2, 0) is 0 Å². The zero-order valence-corrected chi connectivity index (χ0v) is 5.65. The molecule has 8 heavy (non-hydrogen) atoms. The first-order chi connectivity index (χ1) is 3.79. The number of rotatable bonds is 2. The fraction of sp³-hybridized carbons (Fsp3) is 1.00. The molecule has 0 aromatic heterocycles. The molecule has 1 aliphatic rings. The molecular formula is C6H14N2. The second kappa shape index (κ2) is 2.46. The molecule has 2 nitrogen and oxygen atoms in total. The number of nitrogens with zero attached hydrogens (tertiary/aromatic N) is 1. The molecule has 1 N–H and O–H groups in total. The molecule has 0 aromatic carbocycles. The van der Waals surface area contributed by atoms with Crippen molar-refractivity contribution in [2.75, 3.05) is 27.2 Å². The van der Waals surface area contributed by atoms with Gasteiger partial charge in [-0.05, 0) is 27.1 Å². The van der Waals surface area contributed by atoms with Gasteiger partial charge in [0.15, 0.2) is 0 Å². The topological polar surface area (TPSA) is 15.3 Å². The van der Waals surface area contributed by atoms with E-state index >= 15 is 0 Å². The van der Waals surface area contributed by atoms with Crippen molar-refractivity contribution in [1.82, 2.24) is 10.2 Å². The van der Waals surface area contributed by atoms with Crippen molar-refractivity contribution in [2.45, 2.75) is 12.5 Å². The third kappa shape index (κ3) is 1.46. The van der Waals surface area contributed by atoms with E-state index in [1.807, 2.05) is 0 Å². The lowest BCUT2D eigenvalue weighted by Gasteiger charge is -2.29. The number of likely N-dealkylation sites (N-methyl/N-ethyl adjacent to an activating group) is 1. The smallest absolute Gasteiger partial charge is 0.0206 e. The Balaban J connectivity index is 2.01. The van der Waals surface area contributed by atoms with Gasteiger partial charge in [-0.25, -0.2) is 0 Å². The predicted octanol–water partition coefficient (Wildman–Crippen LogP) is -0.0901. The van der Waals surface area contributed by atoms with Crippen LogP contribution in [0.4, 0.5) is 0 Å². The summed E-state index contributed by atoms with van der Waals surface area (Å²) in [4.78, 5) is 2.22. The maximum Gasteiger partial charge on any atom is 0.0206 e. The first-order valence-corrected chi connectivity index (χ1v) is 3.17. The van der Waals surface area contributed by atoms with Crippen molar-refractivity contribution < 1.29 is 0 Å². The van der Waals surface area contributed by atoms with E-state index in [0.717, 1.165) is 6.04 Å². The number of nitrogens with one attached hydrogen (secondary N) is 1. The van der Waals surface area contributed by atoms with E-state index in [2.05, 4.69) is 24.3 Å². The van der Waals surface area contributed by atoms with Crippen LogP contribution < -0.4 is 5.32 Å². The molecule has 0 unspecified atom stereocenters. The maximum atomic E-state index is 3.34. The third-order valence-corrected chi connectivity index (χ3v) is 1.51. The van der Waals surface area contributed by atoms with E-state index in [4.69, 9.17) is 0 Å². The summed E-state index contributed by atoms with van der Waals surface area (Å²) in [6, 6.07) is 0.782. The molecule has 1 fully saturated rings. The van der Waals surface area contributed by atoms with E-state index in [1.54, 1.807) is 0 Å². The zero-order chi connectivity index (χ0) is 5.98. The summed E-state index contributed by atoms with van der Waals surface area (Å²) in [7, 11) is 4.22. The molecule has 0 radical (unpaired) electrons. The summed E-state index contributed by atoms with van der Waals surface area (Å²) in [5.41, 5.74) is 0. The predicted molar refractivity (Wildman–Crippen MR) is 35.0 cm³/mol. The lowest BCUT2D eigenvalue weighted by Crippen LogP contribution is -2.48. The van der Waals surface area contributed by atoms with E-state index in [0.29, 0.717) is 0 Å². The molecular weight excluding hydrogens is 100 g/mol. The van der Waals surface area contributed by atoms with Crippen LogP contribution in [0.3, 0.4) is 0 Å². The number of hydrogen-bond acceptors (Lipinski definition) is 2. The van der Waals surface area contributed by atoms with Gasteiger partial charge >= 0.3 is 0 Å². The molecule has 1 aliphatic heterocycles. The van der Waals surface area contributed by atoms with Gasteiger partial charge in [-0.2, -0.15) is 0 Å². The van der Waals surface area contributed by atoms with Crippen LogP contribution in [-0.4, -0.2) is 38.1 Å². The van der Waals surface area contributed by atoms with Crippen molar-refractivity contribution in [1.29, 1.82) is 0 Å². The average Bonchev–Trinajstić information content (AvgIpc) is 1.55. The minimum Gasteiger partial charge on any atom is -0.313 e. The molecule has 1 saturated heterocycles. The SMILES string of the molecule is CN(C)C[C@@H]1CCN1. The molecule has 1 rings (SSSR count). The van der Waals surface area contributed by atoms with Crippen LogP contribution in [0, 0.1) is 0 Å². The van der Waals surface area contributed by atoms with Gasteiger partial charge in [0.2, 0.25) is 0 Å².